The Morgan fingerprint density at radius 2 is 1.85 bits per heavy atom. The summed E-state index contributed by atoms with van der Waals surface area (Å²) in [5, 5.41) is 0. The molecule has 13 heavy (non-hydrogen) atoms. The van der Waals surface area contributed by atoms with E-state index in [2.05, 4.69) is 16.8 Å². The van der Waals surface area contributed by atoms with E-state index in [1.165, 1.54) is 58.4 Å². The van der Waals surface area contributed by atoms with E-state index in [1.807, 2.05) is 0 Å². The third-order valence-corrected chi connectivity index (χ3v) is 3.45. The third-order valence-electron chi connectivity index (χ3n) is 3.45. The van der Waals surface area contributed by atoms with Crippen LogP contribution < -0.4 is 0 Å². The van der Waals surface area contributed by atoms with Gasteiger partial charge in [-0.15, -0.1) is 0 Å². The van der Waals surface area contributed by atoms with Crippen LogP contribution in [-0.2, 0) is 0 Å². The molecule has 0 saturated carbocycles. The Balaban J connectivity index is 1.71. The molecule has 2 fully saturated rings. The molecule has 2 aliphatic rings. The molecular weight excluding hydrogens is 160 g/mol. The van der Waals surface area contributed by atoms with Crippen molar-refractivity contribution in [1.82, 2.24) is 9.80 Å². The van der Waals surface area contributed by atoms with Gasteiger partial charge < -0.3 is 9.80 Å². The van der Waals surface area contributed by atoms with Crippen LogP contribution in [0.4, 0.5) is 0 Å². The monoisotopic (exact) mass is 182 g/mol. The van der Waals surface area contributed by atoms with Crippen molar-refractivity contribution in [3.8, 4) is 0 Å². The summed E-state index contributed by atoms with van der Waals surface area (Å²) in [5.41, 5.74) is 0. The number of rotatable bonds is 2. The van der Waals surface area contributed by atoms with Crippen LogP contribution in [0.2, 0.25) is 0 Å². The van der Waals surface area contributed by atoms with E-state index in [4.69, 9.17) is 0 Å². The fraction of sp³-hybridized carbons (Fsp3) is 1.00. The van der Waals surface area contributed by atoms with Crippen molar-refractivity contribution in [2.24, 2.45) is 5.92 Å². The summed E-state index contributed by atoms with van der Waals surface area (Å²) in [6, 6.07) is 0. The molecule has 0 unspecified atom stereocenters. The van der Waals surface area contributed by atoms with Gasteiger partial charge in [-0.3, -0.25) is 0 Å². The lowest BCUT2D eigenvalue weighted by molar-refractivity contribution is 0.196. The van der Waals surface area contributed by atoms with Gasteiger partial charge in [-0.1, -0.05) is 6.42 Å². The average Bonchev–Trinajstić information content (AvgIpc) is 2.53. The van der Waals surface area contributed by atoms with Crippen LogP contribution in [0.1, 0.15) is 25.7 Å². The van der Waals surface area contributed by atoms with Gasteiger partial charge in [0.15, 0.2) is 0 Å². The largest absolute Gasteiger partial charge is 0.306 e. The predicted octanol–water partition coefficient (Wildman–Crippen LogP) is 1.42. The van der Waals surface area contributed by atoms with Gasteiger partial charge in [-0.05, 0) is 51.9 Å². The molecule has 0 radical (unpaired) electrons. The molecule has 0 bridgehead atoms. The van der Waals surface area contributed by atoms with E-state index in [9.17, 15) is 0 Å². The van der Waals surface area contributed by atoms with Crippen LogP contribution in [0.3, 0.4) is 0 Å². The van der Waals surface area contributed by atoms with Gasteiger partial charge in [0.05, 0.1) is 0 Å². The minimum Gasteiger partial charge on any atom is -0.306 e. The molecule has 0 amide bonds. The Morgan fingerprint density at radius 1 is 1.08 bits per heavy atom. The highest BCUT2D eigenvalue weighted by molar-refractivity contribution is 4.77. The summed E-state index contributed by atoms with van der Waals surface area (Å²) in [6.45, 7) is 6.74. The zero-order chi connectivity index (χ0) is 9.10. The van der Waals surface area contributed by atoms with E-state index in [1.54, 1.807) is 0 Å². The Kier molecular flexibility index (Phi) is 3.23. The second kappa shape index (κ2) is 4.43. The van der Waals surface area contributed by atoms with E-state index < -0.39 is 0 Å². The van der Waals surface area contributed by atoms with Crippen molar-refractivity contribution < 1.29 is 0 Å². The summed E-state index contributed by atoms with van der Waals surface area (Å²) in [4.78, 5) is 5.14. The summed E-state index contributed by atoms with van der Waals surface area (Å²) in [6.07, 6.45) is 5.75. The van der Waals surface area contributed by atoms with Crippen molar-refractivity contribution in [2.45, 2.75) is 25.7 Å². The molecule has 0 spiro atoms. The molecule has 2 heterocycles. The Labute approximate surface area is 81.9 Å². The molecule has 0 aromatic heterocycles. The number of nitrogens with zero attached hydrogens (tertiary/aromatic N) is 2. The molecule has 0 aliphatic carbocycles. The molecule has 2 nitrogen and oxygen atoms in total. The van der Waals surface area contributed by atoms with Crippen molar-refractivity contribution in [3.05, 3.63) is 0 Å². The SMILES string of the molecule is CN1CC[C@H](CN2CCCCC2)C1. The zero-order valence-corrected chi connectivity index (χ0v) is 8.84. The van der Waals surface area contributed by atoms with Gasteiger partial charge in [0.1, 0.15) is 0 Å². The highest BCUT2D eigenvalue weighted by Gasteiger charge is 2.22. The molecule has 1 atom stereocenters. The minimum absolute atomic E-state index is 0.961. The highest BCUT2D eigenvalue weighted by Crippen LogP contribution is 2.18. The minimum atomic E-state index is 0.961. The van der Waals surface area contributed by atoms with Crippen molar-refractivity contribution in [3.63, 3.8) is 0 Å². The van der Waals surface area contributed by atoms with Crippen LogP contribution in [0.15, 0.2) is 0 Å². The van der Waals surface area contributed by atoms with E-state index in [0.717, 1.165) is 5.92 Å². The lowest BCUT2D eigenvalue weighted by atomic mass is 10.1. The predicted molar refractivity (Wildman–Crippen MR) is 55.9 cm³/mol. The summed E-state index contributed by atoms with van der Waals surface area (Å²) in [7, 11) is 2.25. The number of likely N-dealkylation sites (tertiary alicyclic amines) is 2. The Bertz CT molecular complexity index is 149. The maximum Gasteiger partial charge on any atom is 0.00224 e. The average molecular weight is 182 g/mol. The molecule has 0 N–H and O–H groups in total. The zero-order valence-electron chi connectivity index (χ0n) is 8.84. The molecule has 2 heteroatoms. The maximum atomic E-state index is 2.67. The van der Waals surface area contributed by atoms with Gasteiger partial charge in [-0.2, -0.15) is 0 Å². The highest BCUT2D eigenvalue weighted by atomic mass is 15.2. The third kappa shape index (κ3) is 2.68. The van der Waals surface area contributed by atoms with E-state index >= 15 is 0 Å². The normalized spacial score (nSPS) is 32.5. The topological polar surface area (TPSA) is 6.48 Å². The van der Waals surface area contributed by atoms with Gasteiger partial charge in [0.25, 0.3) is 0 Å². The first-order chi connectivity index (χ1) is 6.34. The molecule has 0 aromatic carbocycles. The second-order valence-electron chi connectivity index (χ2n) is 4.78. The van der Waals surface area contributed by atoms with E-state index in [-0.39, 0.29) is 0 Å². The Morgan fingerprint density at radius 3 is 2.46 bits per heavy atom. The van der Waals surface area contributed by atoms with E-state index in [0.29, 0.717) is 0 Å². The van der Waals surface area contributed by atoms with Gasteiger partial charge in [-0.25, -0.2) is 0 Å². The van der Waals surface area contributed by atoms with Crippen LogP contribution in [0, 0.1) is 5.92 Å². The van der Waals surface area contributed by atoms with Crippen molar-refractivity contribution >= 4 is 0 Å². The van der Waals surface area contributed by atoms with Crippen LogP contribution in [-0.4, -0.2) is 49.6 Å². The molecule has 2 saturated heterocycles. The lowest BCUT2D eigenvalue weighted by Crippen LogP contribution is -2.34. The van der Waals surface area contributed by atoms with Crippen LogP contribution in [0.25, 0.3) is 0 Å². The first-order valence-electron chi connectivity index (χ1n) is 5.75. The summed E-state index contributed by atoms with van der Waals surface area (Å²) < 4.78 is 0. The van der Waals surface area contributed by atoms with Gasteiger partial charge >= 0.3 is 0 Å². The van der Waals surface area contributed by atoms with Crippen LogP contribution >= 0.6 is 0 Å². The summed E-state index contributed by atoms with van der Waals surface area (Å²) in [5.74, 6) is 0.961. The smallest absolute Gasteiger partial charge is 0.00224 e. The number of piperidine rings is 1. The molecule has 76 valence electrons. The number of hydrogen-bond acceptors (Lipinski definition) is 2. The number of hydrogen-bond donors (Lipinski definition) is 0. The standard InChI is InChI=1S/C11H22N2/c1-12-8-5-11(9-12)10-13-6-3-2-4-7-13/h11H,2-10H2,1H3/t11-/m0/s1. The van der Waals surface area contributed by atoms with Gasteiger partial charge in [0.2, 0.25) is 0 Å². The van der Waals surface area contributed by atoms with Gasteiger partial charge in [0, 0.05) is 13.1 Å². The molecular formula is C11H22N2. The molecule has 0 aromatic rings. The first-order valence-corrected chi connectivity index (χ1v) is 5.75. The fourth-order valence-electron chi connectivity index (χ4n) is 2.68. The Hall–Kier alpha value is -0.0800. The van der Waals surface area contributed by atoms with Crippen LogP contribution in [0.5, 0.6) is 0 Å². The molecule has 2 aliphatic heterocycles. The first kappa shape index (κ1) is 9.47. The molecule has 2 rings (SSSR count). The summed E-state index contributed by atoms with van der Waals surface area (Å²) >= 11 is 0. The fourth-order valence-corrected chi connectivity index (χ4v) is 2.68. The lowest BCUT2D eigenvalue weighted by Gasteiger charge is -2.28. The van der Waals surface area contributed by atoms with Crippen molar-refractivity contribution in [1.29, 1.82) is 0 Å². The second-order valence-corrected chi connectivity index (χ2v) is 4.78. The van der Waals surface area contributed by atoms with Crippen molar-refractivity contribution in [2.75, 3.05) is 39.8 Å². The quantitative estimate of drug-likeness (QED) is 0.637. The maximum absolute atomic E-state index is 2.67.